The second kappa shape index (κ2) is 6.93. The third-order valence-corrected chi connectivity index (χ3v) is 4.52. The summed E-state index contributed by atoms with van der Waals surface area (Å²) in [5.74, 6) is -0.816. The Kier molecular flexibility index (Phi) is 4.84. The molecular formula is C18H18F3N3O2. The van der Waals surface area contributed by atoms with Gasteiger partial charge in [0.1, 0.15) is 0 Å². The van der Waals surface area contributed by atoms with Gasteiger partial charge >= 0.3 is 6.18 Å². The van der Waals surface area contributed by atoms with Crippen LogP contribution in [0.5, 0.6) is 0 Å². The van der Waals surface area contributed by atoms with Crippen LogP contribution >= 0.6 is 0 Å². The van der Waals surface area contributed by atoms with Crippen LogP contribution in [0.2, 0.25) is 0 Å². The molecule has 0 atom stereocenters. The number of amides is 2. The predicted octanol–water partition coefficient (Wildman–Crippen LogP) is 2.95. The summed E-state index contributed by atoms with van der Waals surface area (Å²) in [4.78, 5) is 31.3. The lowest BCUT2D eigenvalue weighted by molar-refractivity contribution is -0.136. The lowest BCUT2D eigenvalue weighted by atomic mass is 10.0. The van der Waals surface area contributed by atoms with E-state index in [0.29, 0.717) is 26.1 Å². The summed E-state index contributed by atoms with van der Waals surface area (Å²) >= 11 is 0. The molecule has 1 saturated heterocycles. The number of nitrogens with zero attached hydrogens (tertiary/aromatic N) is 3. The van der Waals surface area contributed by atoms with E-state index in [4.69, 9.17) is 0 Å². The molecule has 5 nitrogen and oxygen atoms in total. The van der Waals surface area contributed by atoms with Gasteiger partial charge in [-0.25, -0.2) is 0 Å². The van der Waals surface area contributed by atoms with Gasteiger partial charge in [-0.15, -0.1) is 0 Å². The molecule has 1 aliphatic heterocycles. The molecule has 1 aromatic heterocycles. The average molecular weight is 365 g/mol. The van der Waals surface area contributed by atoms with Crippen molar-refractivity contribution in [3.63, 3.8) is 0 Å². The number of rotatable bonds is 1. The molecule has 3 rings (SSSR count). The fourth-order valence-corrected chi connectivity index (χ4v) is 3.21. The molecule has 2 aromatic rings. The highest BCUT2D eigenvalue weighted by Gasteiger charge is 2.38. The Labute approximate surface area is 148 Å². The number of fused-ring (bicyclic) bond motifs is 1. The van der Waals surface area contributed by atoms with Gasteiger partial charge in [-0.2, -0.15) is 13.2 Å². The van der Waals surface area contributed by atoms with Crippen molar-refractivity contribution < 1.29 is 22.8 Å². The number of carbonyl (C=O) groups is 2. The molecule has 26 heavy (non-hydrogen) atoms. The van der Waals surface area contributed by atoms with E-state index in [9.17, 15) is 22.8 Å². The summed E-state index contributed by atoms with van der Waals surface area (Å²) in [6, 6.07) is 5.89. The van der Waals surface area contributed by atoms with Crippen LogP contribution in [0.25, 0.3) is 10.9 Å². The maximum Gasteiger partial charge on any atom is 0.417 e. The van der Waals surface area contributed by atoms with Crippen molar-refractivity contribution in [3.8, 4) is 0 Å². The number of aromatic nitrogens is 1. The maximum atomic E-state index is 13.7. The number of hydrogen-bond acceptors (Lipinski definition) is 3. The third-order valence-electron chi connectivity index (χ3n) is 4.52. The van der Waals surface area contributed by atoms with Gasteiger partial charge in [0.05, 0.1) is 16.6 Å². The number of alkyl halides is 3. The van der Waals surface area contributed by atoms with Crippen molar-refractivity contribution in [1.82, 2.24) is 14.8 Å². The number of pyridine rings is 1. The third kappa shape index (κ3) is 3.49. The molecule has 2 amide bonds. The Morgan fingerprint density at radius 1 is 1.04 bits per heavy atom. The smallest absolute Gasteiger partial charge is 0.341 e. The van der Waals surface area contributed by atoms with Crippen LogP contribution in [0.3, 0.4) is 0 Å². The zero-order valence-electron chi connectivity index (χ0n) is 14.2. The van der Waals surface area contributed by atoms with Gasteiger partial charge < -0.3 is 9.80 Å². The SMILES string of the molecule is CC(=O)N1CCCN(C(=O)c2cnc3ccccc3c2C(F)(F)F)CC1. The molecule has 0 aliphatic carbocycles. The number of hydrogen-bond donors (Lipinski definition) is 0. The Morgan fingerprint density at radius 2 is 1.69 bits per heavy atom. The minimum Gasteiger partial charge on any atom is -0.341 e. The van der Waals surface area contributed by atoms with E-state index in [1.54, 1.807) is 11.0 Å². The standard InChI is InChI=1S/C18H18F3N3O2/c1-12(25)23-7-4-8-24(10-9-23)17(26)14-11-22-15-6-3-2-5-13(15)16(14)18(19,20)21/h2-3,5-6,11H,4,7-10H2,1H3. The van der Waals surface area contributed by atoms with Gasteiger partial charge in [-0.3, -0.25) is 14.6 Å². The minimum atomic E-state index is -4.68. The molecule has 0 spiro atoms. The maximum absolute atomic E-state index is 13.7. The number of halogens is 3. The van der Waals surface area contributed by atoms with E-state index in [2.05, 4.69) is 4.98 Å². The number of carbonyl (C=O) groups excluding carboxylic acids is 2. The van der Waals surface area contributed by atoms with Gasteiger partial charge in [0.15, 0.2) is 0 Å². The fraction of sp³-hybridized carbons (Fsp3) is 0.389. The zero-order chi connectivity index (χ0) is 18.9. The van der Waals surface area contributed by atoms with Crippen LogP contribution in [-0.4, -0.2) is 52.8 Å². The first-order chi connectivity index (χ1) is 12.3. The van der Waals surface area contributed by atoms with Gasteiger partial charge in [-0.1, -0.05) is 18.2 Å². The molecular weight excluding hydrogens is 347 g/mol. The Morgan fingerprint density at radius 3 is 2.38 bits per heavy atom. The first kappa shape index (κ1) is 18.2. The van der Waals surface area contributed by atoms with Crippen molar-refractivity contribution in [2.75, 3.05) is 26.2 Å². The molecule has 0 N–H and O–H groups in total. The van der Waals surface area contributed by atoms with Crippen molar-refractivity contribution in [3.05, 3.63) is 41.6 Å². The largest absolute Gasteiger partial charge is 0.417 e. The summed E-state index contributed by atoms with van der Waals surface area (Å²) in [6.45, 7) is 2.73. The Balaban J connectivity index is 1.99. The topological polar surface area (TPSA) is 53.5 Å². The van der Waals surface area contributed by atoms with Crippen molar-refractivity contribution in [2.24, 2.45) is 0 Å². The number of para-hydroxylation sites is 1. The highest BCUT2D eigenvalue weighted by Crippen LogP contribution is 2.37. The lowest BCUT2D eigenvalue weighted by Gasteiger charge is -2.23. The summed E-state index contributed by atoms with van der Waals surface area (Å²) in [7, 11) is 0. The molecule has 2 heterocycles. The number of benzene rings is 1. The van der Waals surface area contributed by atoms with E-state index < -0.39 is 23.2 Å². The van der Waals surface area contributed by atoms with Crippen LogP contribution < -0.4 is 0 Å². The summed E-state index contributed by atoms with van der Waals surface area (Å²) in [6.07, 6.45) is -3.15. The highest BCUT2D eigenvalue weighted by atomic mass is 19.4. The van der Waals surface area contributed by atoms with Gasteiger partial charge in [0.25, 0.3) is 5.91 Å². The van der Waals surface area contributed by atoms with Crippen LogP contribution in [0.15, 0.2) is 30.5 Å². The van der Waals surface area contributed by atoms with E-state index in [1.165, 1.54) is 30.0 Å². The predicted molar refractivity (Wildman–Crippen MR) is 89.5 cm³/mol. The van der Waals surface area contributed by atoms with E-state index in [0.717, 1.165) is 6.20 Å². The Bertz CT molecular complexity index is 851. The molecule has 138 valence electrons. The second-order valence-corrected chi connectivity index (χ2v) is 6.21. The second-order valence-electron chi connectivity index (χ2n) is 6.21. The molecule has 0 saturated carbocycles. The monoisotopic (exact) mass is 365 g/mol. The molecule has 0 radical (unpaired) electrons. The molecule has 0 unspecified atom stereocenters. The molecule has 8 heteroatoms. The summed E-state index contributed by atoms with van der Waals surface area (Å²) < 4.78 is 41.1. The molecule has 1 aromatic carbocycles. The van der Waals surface area contributed by atoms with Gasteiger partial charge in [0, 0.05) is 44.7 Å². The van der Waals surface area contributed by atoms with Crippen molar-refractivity contribution >= 4 is 22.7 Å². The van der Waals surface area contributed by atoms with Crippen LogP contribution in [0, 0.1) is 0 Å². The normalized spacial score (nSPS) is 15.8. The highest BCUT2D eigenvalue weighted by molar-refractivity contribution is 6.00. The van der Waals surface area contributed by atoms with Gasteiger partial charge in [-0.05, 0) is 12.5 Å². The van der Waals surface area contributed by atoms with Gasteiger partial charge in [0.2, 0.25) is 5.91 Å². The average Bonchev–Trinajstić information content (AvgIpc) is 2.85. The fourth-order valence-electron chi connectivity index (χ4n) is 3.21. The molecule has 1 fully saturated rings. The summed E-state index contributed by atoms with van der Waals surface area (Å²) in [5.41, 5.74) is -1.22. The van der Waals surface area contributed by atoms with Crippen LogP contribution in [0.4, 0.5) is 13.2 Å². The Hall–Kier alpha value is -2.64. The van der Waals surface area contributed by atoms with E-state index in [-0.39, 0.29) is 23.4 Å². The van der Waals surface area contributed by atoms with Crippen LogP contribution in [-0.2, 0) is 11.0 Å². The summed E-state index contributed by atoms with van der Waals surface area (Å²) in [5, 5.41) is -0.0916. The van der Waals surface area contributed by atoms with E-state index in [1.807, 2.05) is 0 Å². The first-order valence-corrected chi connectivity index (χ1v) is 8.29. The van der Waals surface area contributed by atoms with Crippen molar-refractivity contribution in [2.45, 2.75) is 19.5 Å². The van der Waals surface area contributed by atoms with Crippen LogP contribution in [0.1, 0.15) is 29.3 Å². The molecule has 1 aliphatic rings. The lowest BCUT2D eigenvalue weighted by Crippen LogP contribution is -2.37. The zero-order valence-corrected chi connectivity index (χ0v) is 14.2. The first-order valence-electron chi connectivity index (χ1n) is 8.29. The van der Waals surface area contributed by atoms with Crippen molar-refractivity contribution in [1.29, 1.82) is 0 Å². The van der Waals surface area contributed by atoms with E-state index >= 15 is 0 Å². The quantitative estimate of drug-likeness (QED) is 0.781. The minimum absolute atomic E-state index is 0.0916. The molecule has 0 bridgehead atoms.